The van der Waals surface area contributed by atoms with Gasteiger partial charge in [-0.3, -0.25) is 0 Å². The van der Waals surface area contributed by atoms with Gasteiger partial charge in [0.15, 0.2) is 5.69 Å². The number of aromatic carboxylic acids is 1. The molecule has 1 rings (SSSR count). The Balaban J connectivity index is 2.88. The Kier molecular flexibility index (Phi) is 2.57. The Labute approximate surface area is 69.5 Å². The number of carbonyl (C=O) groups is 1. The lowest BCUT2D eigenvalue weighted by molar-refractivity contribution is 0.0690. The zero-order valence-corrected chi connectivity index (χ0v) is 6.61. The summed E-state index contributed by atoms with van der Waals surface area (Å²) in [7, 11) is 0. The van der Waals surface area contributed by atoms with E-state index in [2.05, 4.69) is 15.3 Å². The van der Waals surface area contributed by atoms with Crippen molar-refractivity contribution in [2.75, 3.05) is 11.9 Å². The third-order valence-electron chi connectivity index (χ3n) is 1.21. The number of rotatable bonds is 3. The third-order valence-corrected chi connectivity index (χ3v) is 1.21. The van der Waals surface area contributed by atoms with Gasteiger partial charge in [-0.25, -0.2) is 14.8 Å². The summed E-state index contributed by atoms with van der Waals surface area (Å²) in [5, 5.41) is 11.4. The van der Waals surface area contributed by atoms with E-state index in [0.717, 1.165) is 0 Å². The van der Waals surface area contributed by atoms with E-state index in [-0.39, 0.29) is 5.69 Å². The zero-order chi connectivity index (χ0) is 8.97. The molecule has 1 aromatic rings. The van der Waals surface area contributed by atoms with Crippen LogP contribution in [-0.4, -0.2) is 27.6 Å². The standard InChI is InChI=1S/C7H9N3O2/c1-2-8-7-9-4-3-5(10-7)6(11)12/h3-4H,2H2,1H3,(H,11,12)(H,8,9,10). The highest BCUT2D eigenvalue weighted by molar-refractivity contribution is 5.85. The molecule has 0 spiro atoms. The van der Waals surface area contributed by atoms with Crippen LogP contribution in [0.5, 0.6) is 0 Å². The van der Waals surface area contributed by atoms with Crippen LogP contribution in [0.25, 0.3) is 0 Å². The summed E-state index contributed by atoms with van der Waals surface area (Å²) in [6.07, 6.45) is 1.41. The first-order chi connectivity index (χ1) is 5.74. The third kappa shape index (κ3) is 1.91. The lowest BCUT2D eigenvalue weighted by Gasteiger charge is -2.00. The fourth-order valence-corrected chi connectivity index (χ4v) is 0.721. The molecular weight excluding hydrogens is 158 g/mol. The molecule has 0 unspecified atom stereocenters. The zero-order valence-electron chi connectivity index (χ0n) is 6.61. The van der Waals surface area contributed by atoms with Gasteiger partial charge in [-0.1, -0.05) is 0 Å². The SMILES string of the molecule is CCNc1nccc(C(=O)O)n1. The predicted molar refractivity (Wildman–Crippen MR) is 43.2 cm³/mol. The Morgan fingerprint density at radius 3 is 3.08 bits per heavy atom. The largest absolute Gasteiger partial charge is 0.477 e. The molecule has 2 N–H and O–H groups in total. The summed E-state index contributed by atoms with van der Waals surface area (Å²) in [6, 6.07) is 1.35. The lowest BCUT2D eigenvalue weighted by Crippen LogP contribution is -2.06. The maximum atomic E-state index is 10.4. The van der Waals surface area contributed by atoms with Gasteiger partial charge in [0.25, 0.3) is 0 Å². The summed E-state index contributed by atoms with van der Waals surface area (Å²) in [6.45, 7) is 2.56. The van der Waals surface area contributed by atoms with E-state index in [4.69, 9.17) is 5.11 Å². The van der Waals surface area contributed by atoms with Crippen LogP contribution >= 0.6 is 0 Å². The fourth-order valence-electron chi connectivity index (χ4n) is 0.721. The molecule has 64 valence electrons. The molecular formula is C7H9N3O2. The van der Waals surface area contributed by atoms with Crippen LogP contribution < -0.4 is 5.32 Å². The highest BCUT2D eigenvalue weighted by atomic mass is 16.4. The molecule has 0 saturated heterocycles. The van der Waals surface area contributed by atoms with Crippen molar-refractivity contribution in [3.63, 3.8) is 0 Å². The molecule has 0 aliphatic heterocycles. The molecule has 0 radical (unpaired) electrons. The number of hydrogen-bond acceptors (Lipinski definition) is 4. The second-order valence-corrected chi connectivity index (χ2v) is 2.10. The molecule has 0 bridgehead atoms. The van der Waals surface area contributed by atoms with Crippen molar-refractivity contribution in [1.82, 2.24) is 9.97 Å². The highest BCUT2D eigenvalue weighted by Crippen LogP contribution is 1.99. The molecule has 1 aromatic heterocycles. The normalized spacial score (nSPS) is 9.42. The van der Waals surface area contributed by atoms with E-state index in [9.17, 15) is 4.79 Å². The first-order valence-electron chi connectivity index (χ1n) is 3.54. The van der Waals surface area contributed by atoms with E-state index in [1.54, 1.807) is 0 Å². The molecule has 0 saturated carbocycles. The van der Waals surface area contributed by atoms with Gasteiger partial charge in [-0.05, 0) is 13.0 Å². The van der Waals surface area contributed by atoms with Gasteiger partial charge in [0.05, 0.1) is 0 Å². The smallest absolute Gasteiger partial charge is 0.354 e. The molecule has 0 amide bonds. The molecule has 0 aliphatic rings. The average Bonchev–Trinajstić information content (AvgIpc) is 2.05. The van der Waals surface area contributed by atoms with Crippen LogP contribution in [0.4, 0.5) is 5.95 Å². The van der Waals surface area contributed by atoms with Crippen molar-refractivity contribution in [2.45, 2.75) is 6.92 Å². The number of anilines is 1. The minimum absolute atomic E-state index is 0.000880. The summed E-state index contributed by atoms with van der Waals surface area (Å²) in [4.78, 5) is 18.0. The monoisotopic (exact) mass is 167 g/mol. The lowest BCUT2D eigenvalue weighted by atomic mass is 10.4. The summed E-state index contributed by atoms with van der Waals surface area (Å²) < 4.78 is 0. The maximum Gasteiger partial charge on any atom is 0.354 e. The van der Waals surface area contributed by atoms with E-state index in [0.29, 0.717) is 12.5 Å². The van der Waals surface area contributed by atoms with Crippen molar-refractivity contribution >= 4 is 11.9 Å². The van der Waals surface area contributed by atoms with Crippen LogP contribution in [0.1, 0.15) is 17.4 Å². The van der Waals surface area contributed by atoms with Gasteiger partial charge < -0.3 is 10.4 Å². The van der Waals surface area contributed by atoms with Gasteiger partial charge >= 0.3 is 5.97 Å². The van der Waals surface area contributed by atoms with Crippen LogP contribution in [0.2, 0.25) is 0 Å². The fraction of sp³-hybridized carbons (Fsp3) is 0.286. The summed E-state index contributed by atoms with van der Waals surface area (Å²) in [5.41, 5.74) is 0.000880. The van der Waals surface area contributed by atoms with Crippen molar-refractivity contribution < 1.29 is 9.90 Å². The maximum absolute atomic E-state index is 10.4. The van der Waals surface area contributed by atoms with Crippen molar-refractivity contribution in [3.05, 3.63) is 18.0 Å². The number of hydrogen-bond donors (Lipinski definition) is 2. The van der Waals surface area contributed by atoms with Crippen LogP contribution in [0.15, 0.2) is 12.3 Å². The van der Waals surface area contributed by atoms with Gasteiger partial charge in [0.2, 0.25) is 5.95 Å². The molecule has 5 nitrogen and oxygen atoms in total. The van der Waals surface area contributed by atoms with Crippen LogP contribution in [0.3, 0.4) is 0 Å². The van der Waals surface area contributed by atoms with Gasteiger partial charge in [0, 0.05) is 12.7 Å². The number of nitrogens with one attached hydrogen (secondary N) is 1. The van der Waals surface area contributed by atoms with E-state index in [1.165, 1.54) is 12.3 Å². The minimum Gasteiger partial charge on any atom is -0.477 e. The summed E-state index contributed by atoms with van der Waals surface area (Å²) in [5.74, 6) is -0.700. The van der Waals surface area contributed by atoms with Gasteiger partial charge in [0.1, 0.15) is 0 Å². The molecule has 1 heterocycles. The Bertz CT molecular complexity index is 288. The molecule has 0 atom stereocenters. The molecule has 0 fully saturated rings. The van der Waals surface area contributed by atoms with Gasteiger partial charge in [-0.15, -0.1) is 0 Å². The second kappa shape index (κ2) is 3.66. The predicted octanol–water partition coefficient (Wildman–Crippen LogP) is 0.607. The second-order valence-electron chi connectivity index (χ2n) is 2.10. The first kappa shape index (κ1) is 8.45. The van der Waals surface area contributed by atoms with Gasteiger partial charge in [-0.2, -0.15) is 0 Å². The molecule has 0 aromatic carbocycles. The molecule has 12 heavy (non-hydrogen) atoms. The van der Waals surface area contributed by atoms with Crippen molar-refractivity contribution in [1.29, 1.82) is 0 Å². The first-order valence-corrected chi connectivity index (χ1v) is 3.54. The number of carboxylic acids is 1. The topological polar surface area (TPSA) is 75.1 Å². The van der Waals surface area contributed by atoms with E-state index >= 15 is 0 Å². The number of carboxylic acid groups (broad SMARTS) is 1. The minimum atomic E-state index is -1.04. The molecule has 0 aliphatic carbocycles. The highest BCUT2D eigenvalue weighted by Gasteiger charge is 2.04. The Morgan fingerprint density at radius 1 is 1.75 bits per heavy atom. The Hall–Kier alpha value is -1.65. The van der Waals surface area contributed by atoms with E-state index in [1.807, 2.05) is 6.92 Å². The molecule has 5 heteroatoms. The number of aromatic nitrogens is 2. The Morgan fingerprint density at radius 2 is 2.50 bits per heavy atom. The van der Waals surface area contributed by atoms with Crippen molar-refractivity contribution in [3.8, 4) is 0 Å². The average molecular weight is 167 g/mol. The summed E-state index contributed by atoms with van der Waals surface area (Å²) >= 11 is 0. The van der Waals surface area contributed by atoms with Crippen molar-refractivity contribution in [2.24, 2.45) is 0 Å². The number of nitrogens with zero attached hydrogens (tertiary/aromatic N) is 2. The van der Waals surface area contributed by atoms with E-state index < -0.39 is 5.97 Å². The quantitative estimate of drug-likeness (QED) is 0.689. The van der Waals surface area contributed by atoms with Crippen LogP contribution in [0, 0.1) is 0 Å². The van der Waals surface area contributed by atoms with Crippen LogP contribution in [-0.2, 0) is 0 Å².